The van der Waals surface area contributed by atoms with Crippen LogP contribution in [0.2, 0.25) is 0 Å². The fraction of sp³-hybridized carbons (Fsp3) is 0.833. The third-order valence-electron chi connectivity index (χ3n) is 2.88. The van der Waals surface area contributed by atoms with Crippen LogP contribution in [0.25, 0.3) is 0 Å². The fourth-order valence-electron chi connectivity index (χ4n) is 1.90. The maximum atomic E-state index is 5.70. The van der Waals surface area contributed by atoms with Gasteiger partial charge in [0.2, 0.25) is 0 Å². The quantitative estimate of drug-likeness (QED) is 0.548. The van der Waals surface area contributed by atoms with E-state index in [1.165, 1.54) is 12.8 Å². The Labute approximate surface area is 118 Å². The summed E-state index contributed by atoms with van der Waals surface area (Å²) < 4.78 is 13.2. The molecule has 19 heavy (non-hydrogen) atoms. The lowest BCUT2D eigenvalue weighted by Crippen LogP contribution is -2.20. The zero-order chi connectivity index (χ0) is 13.7. The molecule has 1 saturated carbocycles. The first-order valence-electron chi connectivity index (χ1n) is 6.79. The van der Waals surface area contributed by atoms with Gasteiger partial charge in [0.1, 0.15) is 5.82 Å². The zero-order valence-electron chi connectivity index (χ0n) is 11.5. The highest BCUT2D eigenvalue weighted by Gasteiger charge is 2.29. The molecule has 0 aliphatic heterocycles. The topological polar surface area (TPSA) is 75.2 Å². The Kier molecular flexibility index (Phi) is 5.62. The molecule has 0 radical (unpaired) electrons. The van der Waals surface area contributed by atoms with E-state index >= 15 is 0 Å². The summed E-state index contributed by atoms with van der Waals surface area (Å²) in [5, 5.41) is 9.30. The molecule has 1 fully saturated rings. The van der Waals surface area contributed by atoms with Crippen molar-refractivity contribution in [1.82, 2.24) is 14.8 Å². The normalized spacial score (nSPS) is 15.4. The molecule has 0 saturated heterocycles. The molecule has 2 rings (SSSR count). The maximum Gasteiger partial charge on any atom is 0.191 e. The van der Waals surface area contributed by atoms with E-state index in [2.05, 4.69) is 14.8 Å². The summed E-state index contributed by atoms with van der Waals surface area (Å²) in [4.78, 5) is 0. The van der Waals surface area contributed by atoms with Crippen molar-refractivity contribution in [3.63, 3.8) is 0 Å². The molecule has 1 heterocycles. The van der Waals surface area contributed by atoms with E-state index in [0.717, 1.165) is 16.7 Å². The lowest BCUT2D eigenvalue weighted by Gasteiger charge is -2.16. The lowest BCUT2D eigenvalue weighted by atomic mass is 10.5. The number of thioether (sulfide) groups is 1. The molecule has 0 spiro atoms. The minimum atomic E-state index is -0.189. The summed E-state index contributed by atoms with van der Waals surface area (Å²) >= 11 is 1.62. The van der Waals surface area contributed by atoms with Gasteiger partial charge < -0.3 is 19.8 Å². The average molecular weight is 286 g/mol. The van der Waals surface area contributed by atoms with Crippen LogP contribution >= 0.6 is 11.8 Å². The van der Waals surface area contributed by atoms with Gasteiger partial charge in [-0.3, -0.25) is 0 Å². The molecule has 0 amide bonds. The van der Waals surface area contributed by atoms with Gasteiger partial charge in [-0.2, -0.15) is 0 Å². The van der Waals surface area contributed by atoms with Crippen LogP contribution in [-0.4, -0.2) is 40.0 Å². The number of aromatic nitrogens is 3. The van der Waals surface area contributed by atoms with Gasteiger partial charge in [-0.05, 0) is 26.7 Å². The summed E-state index contributed by atoms with van der Waals surface area (Å²) in [5.41, 5.74) is 5.70. The van der Waals surface area contributed by atoms with Gasteiger partial charge in [0.25, 0.3) is 0 Å². The monoisotopic (exact) mass is 286 g/mol. The van der Waals surface area contributed by atoms with Crippen molar-refractivity contribution in [3.8, 4) is 0 Å². The van der Waals surface area contributed by atoms with Gasteiger partial charge in [0, 0.05) is 19.3 Å². The minimum absolute atomic E-state index is 0.189. The van der Waals surface area contributed by atoms with E-state index in [-0.39, 0.29) is 6.29 Å². The van der Waals surface area contributed by atoms with E-state index < -0.39 is 0 Å². The van der Waals surface area contributed by atoms with E-state index in [1.807, 2.05) is 13.8 Å². The van der Waals surface area contributed by atoms with Crippen LogP contribution in [0.3, 0.4) is 0 Å². The highest BCUT2D eigenvalue weighted by atomic mass is 32.2. The van der Waals surface area contributed by atoms with Crippen LogP contribution in [0.5, 0.6) is 0 Å². The predicted molar refractivity (Wildman–Crippen MR) is 73.9 cm³/mol. The molecule has 1 aliphatic carbocycles. The van der Waals surface area contributed by atoms with E-state index in [1.54, 1.807) is 11.8 Å². The summed E-state index contributed by atoms with van der Waals surface area (Å²) in [6.07, 6.45) is 2.20. The van der Waals surface area contributed by atoms with Crippen molar-refractivity contribution in [2.24, 2.45) is 5.73 Å². The predicted octanol–water partition coefficient (Wildman–Crippen LogP) is 1.56. The molecule has 1 aromatic rings. The molecule has 108 valence electrons. The van der Waals surface area contributed by atoms with Crippen molar-refractivity contribution < 1.29 is 9.47 Å². The molecule has 0 bridgehead atoms. The van der Waals surface area contributed by atoms with Crippen molar-refractivity contribution in [2.45, 2.75) is 50.7 Å². The molecule has 0 atom stereocenters. The molecule has 1 aromatic heterocycles. The summed E-state index contributed by atoms with van der Waals surface area (Å²) in [6.45, 7) is 5.67. The van der Waals surface area contributed by atoms with E-state index in [4.69, 9.17) is 15.2 Å². The molecular weight excluding hydrogens is 264 g/mol. The second-order valence-corrected chi connectivity index (χ2v) is 5.34. The van der Waals surface area contributed by atoms with Gasteiger partial charge in [0.05, 0.1) is 12.3 Å². The Hall–Kier alpha value is -0.630. The van der Waals surface area contributed by atoms with Crippen LogP contribution in [-0.2, 0) is 16.0 Å². The fourth-order valence-corrected chi connectivity index (χ4v) is 2.87. The number of ether oxygens (including phenoxy) is 2. The maximum absolute atomic E-state index is 5.70. The summed E-state index contributed by atoms with van der Waals surface area (Å²) in [7, 11) is 0. The van der Waals surface area contributed by atoms with Gasteiger partial charge in [-0.15, -0.1) is 10.2 Å². The number of rotatable bonds is 9. The van der Waals surface area contributed by atoms with Crippen molar-refractivity contribution >= 4 is 11.8 Å². The Morgan fingerprint density at radius 2 is 2.00 bits per heavy atom. The van der Waals surface area contributed by atoms with Crippen molar-refractivity contribution in [2.75, 3.05) is 19.0 Å². The molecule has 0 aromatic carbocycles. The smallest absolute Gasteiger partial charge is 0.191 e. The van der Waals surface area contributed by atoms with Crippen LogP contribution in [0.1, 0.15) is 38.6 Å². The third kappa shape index (κ3) is 3.92. The first kappa shape index (κ1) is 14.8. The zero-order valence-corrected chi connectivity index (χ0v) is 12.4. The average Bonchev–Trinajstić information content (AvgIpc) is 3.17. The van der Waals surface area contributed by atoms with Crippen LogP contribution < -0.4 is 5.73 Å². The molecule has 0 unspecified atom stereocenters. The first-order chi connectivity index (χ1) is 9.30. The summed E-state index contributed by atoms with van der Waals surface area (Å²) in [6, 6.07) is 0.536. The number of hydrogen-bond donors (Lipinski definition) is 1. The molecule has 2 N–H and O–H groups in total. The van der Waals surface area contributed by atoms with Crippen molar-refractivity contribution in [3.05, 3.63) is 5.82 Å². The Bertz CT molecular complexity index is 389. The Balaban J connectivity index is 1.96. The van der Waals surface area contributed by atoms with Crippen LogP contribution in [0, 0.1) is 0 Å². The number of nitrogens with zero attached hydrogens (tertiary/aromatic N) is 3. The standard InChI is InChI=1S/C12H22N4O2S/c1-3-17-11(18-4-2)8-19-12-15-14-10(7-13)16(12)9-5-6-9/h9,11H,3-8,13H2,1-2H3. The van der Waals surface area contributed by atoms with Crippen molar-refractivity contribution in [1.29, 1.82) is 0 Å². The molecule has 6 nitrogen and oxygen atoms in total. The Morgan fingerprint density at radius 1 is 1.32 bits per heavy atom. The second kappa shape index (κ2) is 7.23. The lowest BCUT2D eigenvalue weighted by molar-refractivity contribution is -0.120. The van der Waals surface area contributed by atoms with Crippen LogP contribution in [0.15, 0.2) is 5.16 Å². The third-order valence-corrected chi connectivity index (χ3v) is 3.86. The van der Waals surface area contributed by atoms with Gasteiger partial charge in [0.15, 0.2) is 11.4 Å². The second-order valence-electron chi connectivity index (χ2n) is 4.36. The molecule has 1 aliphatic rings. The molecular formula is C12H22N4O2S. The first-order valence-corrected chi connectivity index (χ1v) is 7.78. The molecule has 7 heteroatoms. The Morgan fingerprint density at radius 3 is 2.53 bits per heavy atom. The van der Waals surface area contributed by atoms with E-state index in [0.29, 0.717) is 25.8 Å². The van der Waals surface area contributed by atoms with Gasteiger partial charge >= 0.3 is 0 Å². The van der Waals surface area contributed by atoms with Gasteiger partial charge in [-0.1, -0.05) is 11.8 Å². The number of nitrogens with two attached hydrogens (primary N) is 1. The SMILES string of the molecule is CCOC(CSc1nnc(CN)n1C1CC1)OCC. The largest absolute Gasteiger partial charge is 0.352 e. The van der Waals surface area contributed by atoms with E-state index in [9.17, 15) is 0 Å². The minimum Gasteiger partial charge on any atom is -0.352 e. The number of hydrogen-bond acceptors (Lipinski definition) is 6. The highest BCUT2D eigenvalue weighted by molar-refractivity contribution is 7.99. The van der Waals surface area contributed by atoms with Crippen LogP contribution in [0.4, 0.5) is 0 Å². The van der Waals surface area contributed by atoms with Gasteiger partial charge in [-0.25, -0.2) is 0 Å². The summed E-state index contributed by atoms with van der Waals surface area (Å²) in [5.74, 6) is 1.59. The highest BCUT2D eigenvalue weighted by Crippen LogP contribution is 2.38.